The molecule has 1 saturated carbocycles. The number of carbonyl (C=O) groups is 1. The summed E-state index contributed by atoms with van der Waals surface area (Å²) in [6.45, 7) is 6.10. The Kier molecular flexibility index (Phi) is 6.02. The molecule has 27 heavy (non-hydrogen) atoms. The maximum absolute atomic E-state index is 12.0. The Bertz CT molecular complexity index is 720. The number of hydrogen-bond acceptors (Lipinski definition) is 3. The Hall–Kier alpha value is -1.33. The van der Waals surface area contributed by atoms with Gasteiger partial charge in [0.1, 0.15) is 5.75 Å². The first-order chi connectivity index (χ1) is 12.5. The molecular formula is C22H31BrN2O2. The Morgan fingerprint density at radius 3 is 2.93 bits per heavy atom. The number of hydrogen-bond donors (Lipinski definition) is 0. The molecule has 2 fully saturated rings. The van der Waals surface area contributed by atoms with Gasteiger partial charge in [-0.1, -0.05) is 25.0 Å². The number of rotatable bonds is 3. The topological polar surface area (TPSA) is 32.8 Å². The maximum Gasteiger partial charge on any atom is 0.414 e. The van der Waals surface area contributed by atoms with Crippen molar-refractivity contribution in [3.05, 3.63) is 42.0 Å². The van der Waals surface area contributed by atoms with Crippen LogP contribution in [0.5, 0.6) is 5.75 Å². The molecule has 0 aromatic heterocycles. The van der Waals surface area contributed by atoms with Crippen molar-refractivity contribution in [1.29, 1.82) is 0 Å². The van der Waals surface area contributed by atoms with Gasteiger partial charge in [0.2, 0.25) is 0 Å². The zero-order chi connectivity index (χ0) is 18.3. The third-order valence-electron chi connectivity index (χ3n) is 6.86. The number of ether oxygens (including phenoxy) is 1. The molecule has 3 aliphatic rings. The SMILES string of the molecule is Br.C=CCN1CC[C@]23CCCC[C@H]2[C@@H]1Cc1ccc(OC(=O)N(C)C)cc13. The lowest BCUT2D eigenvalue weighted by molar-refractivity contribution is -0.00517. The highest BCUT2D eigenvalue weighted by atomic mass is 79.9. The van der Waals surface area contributed by atoms with Crippen molar-refractivity contribution in [3.8, 4) is 5.75 Å². The lowest BCUT2D eigenvalue weighted by atomic mass is 9.52. The summed E-state index contributed by atoms with van der Waals surface area (Å²) < 4.78 is 5.58. The summed E-state index contributed by atoms with van der Waals surface area (Å²) in [4.78, 5) is 16.1. The maximum atomic E-state index is 12.0. The van der Waals surface area contributed by atoms with Crippen LogP contribution in [0, 0.1) is 5.92 Å². The molecule has 2 aliphatic carbocycles. The summed E-state index contributed by atoms with van der Waals surface area (Å²) in [7, 11) is 3.44. The summed E-state index contributed by atoms with van der Waals surface area (Å²) in [5.74, 6) is 1.41. The summed E-state index contributed by atoms with van der Waals surface area (Å²) >= 11 is 0. The van der Waals surface area contributed by atoms with Gasteiger partial charge < -0.3 is 9.64 Å². The van der Waals surface area contributed by atoms with Gasteiger partial charge in [-0.15, -0.1) is 23.6 Å². The smallest absolute Gasteiger partial charge is 0.410 e. The Morgan fingerprint density at radius 2 is 2.19 bits per heavy atom. The molecule has 1 aromatic carbocycles. The minimum absolute atomic E-state index is 0. The second-order valence-electron chi connectivity index (χ2n) is 8.39. The summed E-state index contributed by atoms with van der Waals surface area (Å²) in [6.07, 6.45) is 9.30. The van der Waals surface area contributed by atoms with E-state index in [4.69, 9.17) is 4.74 Å². The highest BCUT2D eigenvalue weighted by Gasteiger charge is 2.53. The third-order valence-corrected chi connectivity index (χ3v) is 6.86. The van der Waals surface area contributed by atoms with Crippen LogP contribution in [-0.2, 0) is 11.8 Å². The van der Waals surface area contributed by atoms with E-state index in [1.165, 1.54) is 48.1 Å². The van der Waals surface area contributed by atoms with Crippen LogP contribution >= 0.6 is 17.0 Å². The molecule has 1 aliphatic heterocycles. The van der Waals surface area contributed by atoms with Gasteiger partial charge in [0.15, 0.2) is 0 Å². The summed E-state index contributed by atoms with van der Waals surface area (Å²) in [5.41, 5.74) is 3.18. The second-order valence-corrected chi connectivity index (χ2v) is 8.39. The van der Waals surface area contributed by atoms with Gasteiger partial charge in [-0.3, -0.25) is 4.90 Å². The second kappa shape index (κ2) is 7.96. The first kappa shape index (κ1) is 20.4. The molecule has 3 atom stereocenters. The number of halogens is 1. The van der Waals surface area contributed by atoms with E-state index in [1.54, 1.807) is 14.1 Å². The van der Waals surface area contributed by atoms with E-state index in [2.05, 4.69) is 29.7 Å². The number of likely N-dealkylation sites (tertiary alicyclic amines) is 1. The predicted molar refractivity (Wildman–Crippen MR) is 114 cm³/mol. The number of benzene rings is 1. The molecule has 0 N–H and O–H groups in total. The first-order valence-corrected chi connectivity index (χ1v) is 9.92. The fourth-order valence-corrected chi connectivity index (χ4v) is 5.71. The van der Waals surface area contributed by atoms with Crippen molar-refractivity contribution < 1.29 is 9.53 Å². The predicted octanol–water partition coefficient (Wildman–Crippen LogP) is 4.57. The quantitative estimate of drug-likeness (QED) is 0.653. The lowest BCUT2D eigenvalue weighted by Crippen LogP contribution is -2.60. The van der Waals surface area contributed by atoms with E-state index < -0.39 is 0 Å². The Labute approximate surface area is 173 Å². The molecule has 4 nitrogen and oxygen atoms in total. The highest BCUT2D eigenvalue weighted by molar-refractivity contribution is 8.93. The van der Waals surface area contributed by atoms with Crippen LogP contribution in [0.4, 0.5) is 4.79 Å². The molecule has 0 radical (unpaired) electrons. The average molecular weight is 435 g/mol. The minimum atomic E-state index is -0.308. The normalized spacial score (nSPS) is 29.0. The number of amides is 1. The molecule has 4 rings (SSSR count). The van der Waals surface area contributed by atoms with Gasteiger partial charge in [0.25, 0.3) is 0 Å². The standard InChI is InChI=1S/C22H30N2O2.BrH/c1-4-12-24-13-11-22-10-6-5-7-18(22)20(24)14-16-8-9-17(15-19(16)22)26-21(25)23(2)3;/h4,8-9,15,18,20H,1,5-7,10-14H2,2-3H3;1H/t18-,20-,22+;/m0./s1. The first-order valence-electron chi connectivity index (χ1n) is 9.92. The van der Waals surface area contributed by atoms with E-state index in [0.29, 0.717) is 11.8 Å². The lowest BCUT2D eigenvalue weighted by Gasteiger charge is -2.59. The highest BCUT2D eigenvalue weighted by Crippen LogP contribution is 2.56. The van der Waals surface area contributed by atoms with Gasteiger partial charge in [-0.05, 0) is 61.4 Å². The third kappa shape index (κ3) is 3.44. The molecule has 0 spiro atoms. The molecule has 1 heterocycles. The average Bonchev–Trinajstić information content (AvgIpc) is 2.64. The van der Waals surface area contributed by atoms with E-state index in [1.807, 2.05) is 6.07 Å². The van der Waals surface area contributed by atoms with E-state index in [-0.39, 0.29) is 28.5 Å². The van der Waals surface area contributed by atoms with Crippen molar-refractivity contribution in [2.45, 2.75) is 50.0 Å². The van der Waals surface area contributed by atoms with Gasteiger partial charge in [-0.2, -0.15) is 0 Å². The molecule has 148 valence electrons. The van der Waals surface area contributed by atoms with E-state index in [9.17, 15) is 4.79 Å². The van der Waals surface area contributed by atoms with Crippen LogP contribution in [-0.4, -0.2) is 49.1 Å². The van der Waals surface area contributed by atoms with Gasteiger partial charge >= 0.3 is 6.09 Å². The Morgan fingerprint density at radius 1 is 1.37 bits per heavy atom. The molecule has 2 bridgehead atoms. The van der Waals surface area contributed by atoms with Gasteiger partial charge in [-0.25, -0.2) is 4.79 Å². The van der Waals surface area contributed by atoms with Crippen LogP contribution in [0.3, 0.4) is 0 Å². The van der Waals surface area contributed by atoms with E-state index in [0.717, 1.165) is 25.4 Å². The number of nitrogens with zero attached hydrogens (tertiary/aromatic N) is 2. The van der Waals surface area contributed by atoms with Gasteiger partial charge in [0.05, 0.1) is 0 Å². The molecule has 5 heteroatoms. The van der Waals surface area contributed by atoms with Crippen molar-refractivity contribution in [2.75, 3.05) is 27.2 Å². The van der Waals surface area contributed by atoms with Crippen molar-refractivity contribution in [1.82, 2.24) is 9.80 Å². The molecular weight excluding hydrogens is 404 g/mol. The minimum Gasteiger partial charge on any atom is -0.410 e. The summed E-state index contributed by atoms with van der Waals surface area (Å²) in [6, 6.07) is 6.97. The number of carbonyl (C=O) groups excluding carboxylic acids is 1. The van der Waals surface area contributed by atoms with Crippen LogP contribution in [0.25, 0.3) is 0 Å². The monoisotopic (exact) mass is 434 g/mol. The van der Waals surface area contributed by atoms with Crippen molar-refractivity contribution in [3.63, 3.8) is 0 Å². The van der Waals surface area contributed by atoms with Crippen LogP contribution in [0.1, 0.15) is 43.2 Å². The van der Waals surface area contributed by atoms with Crippen LogP contribution < -0.4 is 4.74 Å². The fourth-order valence-electron chi connectivity index (χ4n) is 5.71. The molecule has 1 aromatic rings. The number of piperidine rings is 1. The zero-order valence-corrected chi connectivity index (χ0v) is 18.2. The van der Waals surface area contributed by atoms with Crippen molar-refractivity contribution >= 4 is 23.1 Å². The molecule has 0 unspecified atom stereocenters. The zero-order valence-electron chi connectivity index (χ0n) is 16.4. The van der Waals surface area contributed by atoms with Crippen molar-refractivity contribution in [2.24, 2.45) is 5.92 Å². The summed E-state index contributed by atoms with van der Waals surface area (Å²) in [5, 5.41) is 0. The molecule has 1 amide bonds. The van der Waals surface area contributed by atoms with E-state index >= 15 is 0 Å². The molecule has 1 saturated heterocycles. The van der Waals surface area contributed by atoms with Crippen LogP contribution in [0.15, 0.2) is 30.9 Å². The largest absolute Gasteiger partial charge is 0.414 e. The fraction of sp³-hybridized carbons (Fsp3) is 0.591. The van der Waals surface area contributed by atoms with Gasteiger partial charge in [0, 0.05) is 32.1 Å². The van der Waals surface area contributed by atoms with Crippen LogP contribution in [0.2, 0.25) is 0 Å². The number of fused-ring (bicyclic) bond motifs is 1. The Balaban J connectivity index is 0.00000210.